The van der Waals surface area contributed by atoms with E-state index in [1.807, 2.05) is 49.4 Å². The zero-order valence-electron chi connectivity index (χ0n) is 14.1. The van der Waals surface area contributed by atoms with E-state index in [0.29, 0.717) is 18.8 Å². The summed E-state index contributed by atoms with van der Waals surface area (Å²) in [5.41, 5.74) is 1.06. The molecule has 0 spiro atoms. The normalized spacial score (nSPS) is 10.2. The lowest BCUT2D eigenvalue weighted by Gasteiger charge is -2.21. The molecule has 1 N–H and O–H groups in total. The van der Waals surface area contributed by atoms with Crippen LogP contribution in [-0.4, -0.2) is 36.4 Å². The minimum absolute atomic E-state index is 0.0322. The van der Waals surface area contributed by atoms with Crippen LogP contribution < -0.4 is 10.1 Å². The Balaban J connectivity index is 1.75. The predicted molar refractivity (Wildman–Crippen MR) is 105 cm³/mol. The number of rotatable bonds is 8. The van der Waals surface area contributed by atoms with E-state index in [9.17, 15) is 9.59 Å². The molecule has 2 aromatic rings. The SMILES string of the molecule is CCN(Cc1ccccc1)C(=O)CNC(=O)COc1ccc(I)cc1. The average molecular weight is 452 g/mol. The lowest BCUT2D eigenvalue weighted by atomic mass is 10.2. The van der Waals surface area contributed by atoms with Gasteiger partial charge in [0, 0.05) is 16.7 Å². The summed E-state index contributed by atoms with van der Waals surface area (Å²) < 4.78 is 6.49. The summed E-state index contributed by atoms with van der Waals surface area (Å²) in [6.45, 7) is 2.89. The largest absolute Gasteiger partial charge is 0.484 e. The van der Waals surface area contributed by atoms with E-state index in [2.05, 4.69) is 27.9 Å². The highest BCUT2D eigenvalue weighted by molar-refractivity contribution is 14.1. The summed E-state index contributed by atoms with van der Waals surface area (Å²) in [7, 11) is 0. The van der Waals surface area contributed by atoms with Gasteiger partial charge in [-0.3, -0.25) is 9.59 Å². The van der Waals surface area contributed by atoms with Gasteiger partial charge in [0.2, 0.25) is 5.91 Å². The second-order valence-electron chi connectivity index (χ2n) is 5.41. The molecule has 0 bridgehead atoms. The number of ether oxygens (including phenoxy) is 1. The summed E-state index contributed by atoms with van der Waals surface area (Å²) in [6.07, 6.45) is 0. The molecular weight excluding hydrogens is 431 g/mol. The fourth-order valence-corrected chi connectivity index (χ4v) is 2.56. The Bertz CT molecular complexity index is 690. The Morgan fingerprint density at radius 1 is 1.08 bits per heavy atom. The van der Waals surface area contributed by atoms with E-state index in [0.717, 1.165) is 9.13 Å². The van der Waals surface area contributed by atoms with Gasteiger partial charge in [-0.15, -0.1) is 0 Å². The van der Waals surface area contributed by atoms with Crippen LogP contribution >= 0.6 is 22.6 Å². The van der Waals surface area contributed by atoms with Crippen molar-refractivity contribution in [1.29, 1.82) is 0 Å². The van der Waals surface area contributed by atoms with Gasteiger partial charge < -0.3 is 15.0 Å². The summed E-state index contributed by atoms with van der Waals surface area (Å²) >= 11 is 2.20. The molecule has 6 heteroatoms. The maximum Gasteiger partial charge on any atom is 0.258 e. The molecule has 0 saturated carbocycles. The third kappa shape index (κ3) is 6.74. The van der Waals surface area contributed by atoms with Crippen LogP contribution in [0.2, 0.25) is 0 Å². The van der Waals surface area contributed by atoms with Crippen LogP contribution in [0.4, 0.5) is 0 Å². The molecule has 0 fully saturated rings. The molecule has 2 amide bonds. The maximum absolute atomic E-state index is 12.3. The van der Waals surface area contributed by atoms with Crippen LogP contribution in [0, 0.1) is 3.57 Å². The monoisotopic (exact) mass is 452 g/mol. The molecule has 0 aliphatic carbocycles. The van der Waals surface area contributed by atoms with Crippen molar-refractivity contribution in [3.8, 4) is 5.75 Å². The zero-order valence-corrected chi connectivity index (χ0v) is 16.2. The average Bonchev–Trinajstić information content (AvgIpc) is 2.64. The third-order valence-electron chi connectivity index (χ3n) is 3.57. The van der Waals surface area contributed by atoms with Gasteiger partial charge in [-0.2, -0.15) is 0 Å². The number of likely N-dealkylation sites (N-methyl/N-ethyl adjacent to an activating group) is 1. The van der Waals surface area contributed by atoms with Crippen LogP contribution in [-0.2, 0) is 16.1 Å². The van der Waals surface area contributed by atoms with Gasteiger partial charge in [0.1, 0.15) is 5.75 Å². The molecule has 0 aromatic heterocycles. The second-order valence-corrected chi connectivity index (χ2v) is 6.66. The van der Waals surface area contributed by atoms with Gasteiger partial charge in [-0.25, -0.2) is 0 Å². The summed E-state index contributed by atoms with van der Waals surface area (Å²) in [5.74, 6) is 0.192. The van der Waals surface area contributed by atoms with Gasteiger partial charge in [0.05, 0.1) is 6.54 Å². The minimum atomic E-state index is -0.317. The molecule has 0 aliphatic rings. The first-order valence-electron chi connectivity index (χ1n) is 8.05. The first-order valence-corrected chi connectivity index (χ1v) is 9.13. The van der Waals surface area contributed by atoms with E-state index < -0.39 is 0 Å². The molecule has 132 valence electrons. The van der Waals surface area contributed by atoms with Gasteiger partial charge in [0.15, 0.2) is 6.61 Å². The van der Waals surface area contributed by atoms with Crippen molar-refractivity contribution in [1.82, 2.24) is 10.2 Å². The van der Waals surface area contributed by atoms with Crippen LogP contribution in [0.25, 0.3) is 0 Å². The molecule has 0 radical (unpaired) electrons. The molecular formula is C19H21IN2O3. The number of nitrogens with one attached hydrogen (secondary N) is 1. The Hall–Kier alpha value is -2.09. The summed E-state index contributed by atoms with van der Waals surface area (Å²) in [4.78, 5) is 25.8. The maximum atomic E-state index is 12.3. The molecule has 0 unspecified atom stereocenters. The minimum Gasteiger partial charge on any atom is -0.484 e. The molecule has 0 heterocycles. The van der Waals surface area contributed by atoms with Crippen LogP contribution in [0.15, 0.2) is 54.6 Å². The Morgan fingerprint density at radius 3 is 2.40 bits per heavy atom. The fraction of sp³-hybridized carbons (Fsp3) is 0.263. The number of nitrogens with zero attached hydrogens (tertiary/aromatic N) is 1. The molecule has 2 aromatic carbocycles. The van der Waals surface area contributed by atoms with E-state index in [1.165, 1.54) is 0 Å². The Labute approximate surface area is 161 Å². The standard InChI is InChI=1S/C19H21IN2O3/c1-2-22(13-15-6-4-3-5-7-15)19(24)12-21-18(23)14-25-17-10-8-16(20)9-11-17/h3-11H,2,12-14H2,1H3,(H,21,23). The highest BCUT2D eigenvalue weighted by atomic mass is 127. The quantitative estimate of drug-likeness (QED) is 0.627. The molecule has 0 aliphatic heterocycles. The van der Waals surface area contributed by atoms with Crippen molar-refractivity contribution in [3.05, 3.63) is 63.7 Å². The number of benzene rings is 2. The second kappa shape index (κ2) is 10.0. The zero-order chi connectivity index (χ0) is 18.1. The van der Waals surface area contributed by atoms with Crippen LogP contribution in [0.5, 0.6) is 5.75 Å². The van der Waals surface area contributed by atoms with E-state index in [1.54, 1.807) is 17.0 Å². The van der Waals surface area contributed by atoms with Gasteiger partial charge >= 0.3 is 0 Å². The highest BCUT2D eigenvalue weighted by Crippen LogP contribution is 2.13. The predicted octanol–water partition coefficient (Wildman–Crippen LogP) is 2.83. The van der Waals surface area contributed by atoms with Crippen molar-refractivity contribution in [2.24, 2.45) is 0 Å². The first kappa shape index (κ1) is 19.2. The lowest BCUT2D eigenvalue weighted by Crippen LogP contribution is -2.41. The van der Waals surface area contributed by atoms with Gasteiger partial charge in [-0.05, 0) is 59.3 Å². The van der Waals surface area contributed by atoms with Crippen molar-refractivity contribution in [2.45, 2.75) is 13.5 Å². The van der Waals surface area contributed by atoms with E-state index in [-0.39, 0.29) is 25.0 Å². The molecule has 0 saturated heterocycles. The number of carbonyl (C=O) groups is 2. The van der Waals surface area contributed by atoms with Crippen molar-refractivity contribution >= 4 is 34.4 Å². The number of hydrogen-bond acceptors (Lipinski definition) is 3. The van der Waals surface area contributed by atoms with E-state index in [4.69, 9.17) is 4.74 Å². The van der Waals surface area contributed by atoms with Crippen molar-refractivity contribution in [2.75, 3.05) is 19.7 Å². The lowest BCUT2D eigenvalue weighted by molar-refractivity contribution is -0.133. The summed E-state index contributed by atoms with van der Waals surface area (Å²) in [6, 6.07) is 17.2. The number of carbonyl (C=O) groups excluding carboxylic acids is 2. The Morgan fingerprint density at radius 2 is 1.76 bits per heavy atom. The molecule has 0 atom stereocenters. The topological polar surface area (TPSA) is 58.6 Å². The highest BCUT2D eigenvalue weighted by Gasteiger charge is 2.13. The van der Waals surface area contributed by atoms with E-state index >= 15 is 0 Å². The molecule has 25 heavy (non-hydrogen) atoms. The third-order valence-corrected chi connectivity index (χ3v) is 4.29. The smallest absolute Gasteiger partial charge is 0.258 e. The summed E-state index contributed by atoms with van der Waals surface area (Å²) in [5, 5.41) is 2.61. The van der Waals surface area contributed by atoms with Gasteiger partial charge in [-0.1, -0.05) is 30.3 Å². The van der Waals surface area contributed by atoms with Crippen LogP contribution in [0.1, 0.15) is 12.5 Å². The van der Waals surface area contributed by atoms with Crippen molar-refractivity contribution < 1.29 is 14.3 Å². The first-order chi connectivity index (χ1) is 12.1. The Kier molecular flexibility index (Phi) is 7.72. The number of halogens is 1. The van der Waals surface area contributed by atoms with Crippen molar-refractivity contribution in [3.63, 3.8) is 0 Å². The number of amides is 2. The molecule has 2 rings (SSSR count). The fourth-order valence-electron chi connectivity index (χ4n) is 2.20. The van der Waals surface area contributed by atoms with Crippen LogP contribution in [0.3, 0.4) is 0 Å². The number of hydrogen-bond donors (Lipinski definition) is 1. The van der Waals surface area contributed by atoms with Gasteiger partial charge in [0.25, 0.3) is 5.91 Å². The molecule has 5 nitrogen and oxygen atoms in total.